The molecule has 0 radical (unpaired) electrons. The summed E-state index contributed by atoms with van der Waals surface area (Å²) in [5.41, 5.74) is 2.24. The second kappa shape index (κ2) is 5.70. The molecule has 0 aliphatic carbocycles. The lowest BCUT2D eigenvalue weighted by Crippen LogP contribution is -2.14. The fraction of sp³-hybridized carbons (Fsp3) is 0.188. The summed E-state index contributed by atoms with van der Waals surface area (Å²) >= 11 is 1.39. The molecule has 4 nitrogen and oxygen atoms in total. The lowest BCUT2D eigenvalue weighted by Gasteiger charge is -2.02. The van der Waals surface area contributed by atoms with Crippen LogP contribution in [0.25, 0.3) is 10.2 Å². The molecule has 3 aromatic rings. The maximum atomic E-state index is 12.4. The summed E-state index contributed by atoms with van der Waals surface area (Å²) in [4.78, 5) is 0.697. The zero-order valence-electron chi connectivity index (χ0n) is 12.4. The highest BCUT2D eigenvalue weighted by Crippen LogP contribution is 2.21. The van der Waals surface area contributed by atoms with E-state index < -0.39 is 10.0 Å². The van der Waals surface area contributed by atoms with E-state index in [1.807, 2.05) is 23.7 Å². The molecule has 0 spiro atoms. The normalized spacial score (nSPS) is 12.9. The number of fused-ring (bicyclic) bond motifs is 1. The van der Waals surface area contributed by atoms with Crippen LogP contribution in [0.15, 0.2) is 57.8 Å². The monoisotopic (exact) mass is 332 g/mol. The number of benzene rings is 2. The molecule has 0 aliphatic heterocycles. The topological polar surface area (TPSA) is 51.4 Å². The van der Waals surface area contributed by atoms with Gasteiger partial charge in [0.05, 0.1) is 15.1 Å². The van der Waals surface area contributed by atoms with E-state index in [4.69, 9.17) is 0 Å². The van der Waals surface area contributed by atoms with Crippen molar-refractivity contribution in [2.24, 2.45) is 11.4 Å². The number of hydrogen-bond donors (Lipinski definition) is 0. The molecule has 0 atom stereocenters. The minimum Gasteiger partial charge on any atom is -0.319 e. The summed E-state index contributed by atoms with van der Waals surface area (Å²) in [6, 6.07) is 14.3. The van der Waals surface area contributed by atoms with E-state index in [2.05, 4.69) is 17.4 Å². The summed E-state index contributed by atoms with van der Waals surface area (Å²) in [5.74, 6) is 0. The zero-order valence-corrected chi connectivity index (χ0v) is 14.0. The second-order valence-electron chi connectivity index (χ2n) is 4.94. The molecule has 0 bridgehead atoms. The van der Waals surface area contributed by atoms with Gasteiger partial charge in [0.25, 0.3) is 10.0 Å². The Bertz CT molecular complexity index is 984. The van der Waals surface area contributed by atoms with Crippen molar-refractivity contribution >= 4 is 31.6 Å². The van der Waals surface area contributed by atoms with Crippen molar-refractivity contribution in [2.75, 3.05) is 0 Å². The third-order valence-electron chi connectivity index (χ3n) is 3.53. The lowest BCUT2D eigenvalue weighted by atomic mass is 10.1. The molecule has 1 aromatic heterocycles. The number of para-hydroxylation sites is 1. The Morgan fingerprint density at radius 2 is 1.82 bits per heavy atom. The predicted molar refractivity (Wildman–Crippen MR) is 89.4 cm³/mol. The van der Waals surface area contributed by atoms with Crippen molar-refractivity contribution in [1.29, 1.82) is 0 Å². The van der Waals surface area contributed by atoms with E-state index in [1.165, 1.54) is 16.9 Å². The third kappa shape index (κ3) is 2.60. The molecular formula is C16H16N2O2S2. The Hall–Kier alpha value is -1.92. The fourth-order valence-corrected chi connectivity index (χ4v) is 4.72. The van der Waals surface area contributed by atoms with Gasteiger partial charge in [-0.25, -0.2) is 0 Å². The van der Waals surface area contributed by atoms with Gasteiger partial charge in [-0.15, -0.1) is 4.40 Å². The van der Waals surface area contributed by atoms with Crippen LogP contribution >= 0.6 is 11.3 Å². The molecule has 22 heavy (non-hydrogen) atoms. The van der Waals surface area contributed by atoms with Gasteiger partial charge >= 0.3 is 0 Å². The molecule has 1 heterocycles. The van der Waals surface area contributed by atoms with Gasteiger partial charge in [-0.2, -0.15) is 8.42 Å². The minimum absolute atomic E-state index is 0.211. The molecule has 0 amide bonds. The van der Waals surface area contributed by atoms with Crippen molar-refractivity contribution < 1.29 is 8.42 Å². The Kier molecular flexibility index (Phi) is 3.88. The molecule has 0 unspecified atom stereocenters. The number of thiazole rings is 1. The highest BCUT2D eigenvalue weighted by Gasteiger charge is 2.14. The zero-order chi connectivity index (χ0) is 15.7. The number of aryl methyl sites for hydroxylation is 2. The van der Waals surface area contributed by atoms with Crippen LogP contribution in [0, 0.1) is 0 Å². The molecule has 0 fully saturated rings. The van der Waals surface area contributed by atoms with Crippen LogP contribution in [0.5, 0.6) is 0 Å². The first kappa shape index (κ1) is 15.0. The summed E-state index contributed by atoms with van der Waals surface area (Å²) in [6.07, 6.45) is 0.896. The van der Waals surface area contributed by atoms with Gasteiger partial charge in [-0.3, -0.25) is 0 Å². The van der Waals surface area contributed by atoms with E-state index in [-0.39, 0.29) is 4.90 Å². The van der Waals surface area contributed by atoms with Crippen molar-refractivity contribution in [3.63, 3.8) is 0 Å². The molecule has 0 aliphatic rings. The van der Waals surface area contributed by atoms with E-state index in [0.29, 0.717) is 4.80 Å². The smallest absolute Gasteiger partial charge is 0.285 e. The highest BCUT2D eigenvalue weighted by molar-refractivity contribution is 7.90. The van der Waals surface area contributed by atoms with Crippen LogP contribution in [-0.4, -0.2) is 13.0 Å². The van der Waals surface area contributed by atoms with Crippen molar-refractivity contribution in [1.82, 2.24) is 4.57 Å². The molecule has 0 saturated carbocycles. The standard InChI is InChI=1S/C16H16N2O2S2/c1-3-12-8-7-11-14-15(12)18(2)16(21-14)17-22(19,20)13-9-5-4-6-10-13/h4-11H,3H2,1-2H3/b17-16-. The predicted octanol–water partition coefficient (Wildman–Crippen LogP) is 3.09. The van der Waals surface area contributed by atoms with Crippen LogP contribution < -0.4 is 4.80 Å². The second-order valence-corrected chi connectivity index (χ2v) is 7.55. The summed E-state index contributed by atoms with van der Waals surface area (Å²) in [7, 11) is -1.83. The van der Waals surface area contributed by atoms with Crippen molar-refractivity contribution in [3.8, 4) is 0 Å². The van der Waals surface area contributed by atoms with Crippen LogP contribution in [0.4, 0.5) is 0 Å². The Morgan fingerprint density at radius 3 is 2.50 bits per heavy atom. The average Bonchev–Trinajstić information content (AvgIpc) is 2.84. The Labute approximate surface area is 133 Å². The van der Waals surface area contributed by atoms with E-state index >= 15 is 0 Å². The first-order chi connectivity index (χ1) is 10.5. The van der Waals surface area contributed by atoms with Crippen LogP contribution in [0.3, 0.4) is 0 Å². The molecular weight excluding hydrogens is 316 g/mol. The fourth-order valence-electron chi connectivity index (χ4n) is 2.41. The first-order valence-electron chi connectivity index (χ1n) is 6.96. The molecule has 0 saturated heterocycles. The molecule has 114 valence electrons. The van der Waals surface area contributed by atoms with E-state index in [1.54, 1.807) is 30.3 Å². The largest absolute Gasteiger partial charge is 0.319 e. The van der Waals surface area contributed by atoms with Crippen molar-refractivity contribution in [3.05, 3.63) is 58.9 Å². The number of nitrogens with zero attached hydrogens (tertiary/aromatic N) is 2. The van der Waals surface area contributed by atoms with Gasteiger partial charge in [-0.1, -0.05) is 48.6 Å². The van der Waals surface area contributed by atoms with Crippen LogP contribution in [0.2, 0.25) is 0 Å². The number of rotatable bonds is 3. The third-order valence-corrected chi connectivity index (χ3v) is 6.02. The molecule has 6 heteroatoms. The average molecular weight is 332 g/mol. The summed E-state index contributed by atoms with van der Waals surface area (Å²) < 4.78 is 31.8. The maximum Gasteiger partial charge on any atom is 0.285 e. The number of hydrogen-bond acceptors (Lipinski definition) is 3. The van der Waals surface area contributed by atoms with Gasteiger partial charge in [0.15, 0.2) is 0 Å². The number of sulfonamides is 1. The Morgan fingerprint density at radius 1 is 1.09 bits per heavy atom. The van der Waals surface area contributed by atoms with Gasteiger partial charge in [0, 0.05) is 7.05 Å². The van der Waals surface area contributed by atoms with Gasteiger partial charge in [0.2, 0.25) is 4.80 Å². The summed E-state index contributed by atoms with van der Waals surface area (Å²) in [6.45, 7) is 2.09. The Balaban J connectivity index is 2.25. The van der Waals surface area contributed by atoms with Crippen LogP contribution in [0.1, 0.15) is 12.5 Å². The quantitative estimate of drug-likeness (QED) is 0.740. The minimum atomic E-state index is -3.69. The van der Waals surface area contributed by atoms with Gasteiger partial charge in [0.1, 0.15) is 0 Å². The van der Waals surface area contributed by atoms with E-state index in [9.17, 15) is 8.42 Å². The SMILES string of the molecule is CCc1cccc2s/c(=N\S(=O)(=O)c3ccccc3)n(C)c12. The summed E-state index contributed by atoms with van der Waals surface area (Å²) in [5, 5.41) is 0. The molecule has 3 rings (SSSR count). The number of aromatic nitrogens is 1. The van der Waals surface area contributed by atoms with E-state index in [0.717, 1.165) is 16.6 Å². The lowest BCUT2D eigenvalue weighted by molar-refractivity contribution is 0.596. The molecule has 0 N–H and O–H groups in total. The van der Waals surface area contributed by atoms with Gasteiger partial charge < -0.3 is 4.57 Å². The highest BCUT2D eigenvalue weighted by atomic mass is 32.2. The molecule has 2 aromatic carbocycles. The van der Waals surface area contributed by atoms with Crippen molar-refractivity contribution in [2.45, 2.75) is 18.2 Å². The first-order valence-corrected chi connectivity index (χ1v) is 9.22. The van der Waals surface area contributed by atoms with Gasteiger partial charge in [-0.05, 0) is 30.2 Å². The van der Waals surface area contributed by atoms with Crippen LogP contribution in [-0.2, 0) is 23.5 Å². The maximum absolute atomic E-state index is 12.4.